The van der Waals surface area contributed by atoms with E-state index in [0.717, 1.165) is 17.3 Å². The molecular weight excluding hydrogens is 230 g/mol. The molecule has 0 aromatic carbocycles. The summed E-state index contributed by atoms with van der Waals surface area (Å²) in [4.78, 5) is 20.4. The van der Waals surface area contributed by atoms with Gasteiger partial charge in [0, 0.05) is 30.6 Å². The topological polar surface area (TPSA) is 64.1 Å². The summed E-state index contributed by atoms with van der Waals surface area (Å²) in [5, 5.41) is 3.74. The Kier molecular flexibility index (Phi) is 2.90. The highest BCUT2D eigenvalue weighted by molar-refractivity contribution is 6.05. The Morgan fingerprint density at radius 1 is 1.39 bits per heavy atom. The molecule has 0 bridgehead atoms. The standard InChI is InChI=1S/C13H13N3O2/c17-13(16-9-3-6-18-8-9)10-1-5-15-12-2-4-14-7-11(10)12/h1-2,4-5,7,9H,3,6,8H2,(H,16,17)/t9-/m1/s1. The molecule has 1 fully saturated rings. The molecule has 1 aliphatic heterocycles. The van der Waals surface area contributed by atoms with Crippen LogP contribution in [0.1, 0.15) is 16.8 Å². The lowest BCUT2D eigenvalue weighted by atomic mass is 10.1. The first-order chi connectivity index (χ1) is 8.84. The first-order valence-corrected chi connectivity index (χ1v) is 5.92. The largest absolute Gasteiger partial charge is 0.379 e. The molecule has 3 rings (SSSR count). The fourth-order valence-corrected chi connectivity index (χ4v) is 2.10. The van der Waals surface area contributed by atoms with E-state index in [2.05, 4.69) is 15.3 Å². The average Bonchev–Trinajstić information content (AvgIpc) is 2.91. The van der Waals surface area contributed by atoms with Crippen LogP contribution in [0.4, 0.5) is 0 Å². The summed E-state index contributed by atoms with van der Waals surface area (Å²) < 4.78 is 5.24. The molecule has 2 aromatic heterocycles. The van der Waals surface area contributed by atoms with Crippen LogP contribution in [0.2, 0.25) is 0 Å². The summed E-state index contributed by atoms with van der Waals surface area (Å²) in [5.74, 6) is -0.0918. The van der Waals surface area contributed by atoms with Gasteiger partial charge in [-0.25, -0.2) is 0 Å². The van der Waals surface area contributed by atoms with E-state index in [1.807, 2.05) is 0 Å². The number of nitrogens with zero attached hydrogens (tertiary/aromatic N) is 2. The number of carbonyl (C=O) groups is 1. The molecule has 1 amide bonds. The molecule has 5 heteroatoms. The molecule has 0 unspecified atom stereocenters. The van der Waals surface area contributed by atoms with Crippen molar-refractivity contribution in [3.05, 3.63) is 36.3 Å². The van der Waals surface area contributed by atoms with Gasteiger partial charge >= 0.3 is 0 Å². The molecule has 5 nitrogen and oxygen atoms in total. The van der Waals surface area contributed by atoms with Gasteiger partial charge in [0.05, 0.1) is 23.7 Å². The highest BCUT2D eigenvalue weighted by atomic mass is 16.5. The maximum atomic E-state index is 12.2. The smallest absolute Gasteiger partial charge is 0.252 e. The van der Waals surface area contributed by atoms with Crippen LogP contribution in [0.15, 0.2) is 30.7 Å². The molecule has 0 radical (unpaired) electrons. The first-order valence-electron chi connectivity index (χ1n) is 5.92. The number of hydrogen-bond donors (Lipinski definition) is 1. The van der Waals surface area contributed by atoms with Crippen molar-refractivity contribution in [2.24, 2.45) is 0 Å². The molecule has 1 atom stereocenters. The van der Waals surface area contributed by atoms with Gasteiger partial charge in [0.25, 0.3) is 5.91 Å². The van der Waals surface area contributed by atoms with Crippen molar-refractivity contribution in [2.75, 3.05) is 13.2 Å². The van der Waals surface area contributed by atoms with E-state index in [0.29, 0.717) is 18.8 Å². The number of nitrogens with one attached hydrogen (secondary N) is 1. The molecule has 0 saturated carbocycles. The normalized spacial score (nSPS) is 19.0. The molecule has 0 spiro atoms. The van der Waals surface area contributed by atoms with Gasteiger partial charge < -0.3 is 10.1 Å². The molecule has 1 N–H and O–H groups in total. The van der Waals surface area contributed by atoms with E-state index < -0.39 is 0 Å². The van der Waals surface area contributed by atoms with Gasteiger partial charge in [-0.3, -0.25) is 14.8 Å². The van der Waals surface area contributed by atoms with Crippen LogP contribution in [-0.2, 0) is 4.74 Å². The van der Waals surface area contributed by atoms with E-state index in [-0.39, 0.29) is 11.9 Å². The molecule has 1 saturated heterocycles. The van der Waals surface area contributed by atoms with Crippen LogP contribution in [0.5, 0.6) is 0 Å². The van der Waals surface area contributed by atoms with Crippen LogP contribution in [0.3, 0.4) is 0 Å². The van der Waals surface area contributed by atoms with Crippen LogP contribution in [0.25, 0.3) is 10.9 Å². The van der Waals surface area contributed by atoms with Crippen molar-refractivity contribution in [1.82, 2.24) is 15.3 Å². The number of aromatic nitrogens is 2. The van der Waals surface area contributed by atoms with E-state index in [1.165, 1.54) is 0 Å². The van der Waals surface area contributed by atoms with E-state index in [1.54, 1.807) is 30.7 Å². The van der Waals surface area contributed by atoms with Gasteiger partial charge in [-0.1, -0.05) is 0 Å². The van der Waals surface area contributed by atoms with Crippen molar-refractivity contribution >= 4 is 16.8 Å². The number of carbonyl (C=O) groups excluding carboxylic acids is 1. The second-order valence-electron chi connectivity index (χ2n) is 4.29. The Labute approximate surface area is 104 Å². The van der Waals surface area contributed by atoms with E-state index >= 15 is 0 Å². The van der Waals surface area contributed by atoms with Crippen LogP contribution < -0.4 is 5.32 Å². The highest BCUT2D eigenvalue weighted by Crippen LogP contribution is 2.15. The maximum Gasteiger partial charge on any atom is 0.252 e. The molecule has 0 aliphatic carbocycles. The maximum absolute atomic E-state index is 12.2. The number of hydrogen-bond acceptors (Lipinski definition) is 4. The Morgan fingerprint density at radius 2 is 2.33 bits per heavy atom. The molecule has 3 heterocycles. The number of ether oxygens (including phenoxy) is 1. The molecule has 1 aliphatic rings. The lowest BCUT2D eigenvalue weighted by Crippen LogP contribution is -2.35. The van der Waals surface area contributed by atoms with Crippen LogP contribution in [-0.4, -0.2) is 35.1 Å². The summed E-state index contributed by atoms with van der Waals surface area (Å²) >= 11 is 0. The number of fused-ring (bicyclic) bond motifs is 1. The average molecular weight is 243 g/mol. The summed E-state index contributed by atoms with van der Waals surface area (Å²) in [7, 11) is 0. The molecular formula is C13H13N3O2. The quantitative estimate of drug-likeness (QED) is 0.859. The van der Waals surface area contributed by atoms with Gasteiger partial charge in [-0.2, -0.15) is 0 Å². The predicted molar refractivity (Wildman–Crippen MR) is 66.2 cm³/mol. The summed E-state index contributed by atoms with van der Waals surface area (Å²) in [6, 6.07) is 3.62. The summed E-state index contributed by atoms with van der Waals surface area (Å²) in [5.41, 5.74) is 1.39. The lowest BCUT2D eigenvalue weighted by molar-refractivity contribution is 0.0931. The van der Waals surface area contributed by atoms with Gasteiger partial charge in [0.15, 0.2) is 0 Å². The zero-order valence-electron chi connectivity index (χ0n) is 9.80. The van der Waals surface area contributed by atoms with Gasteiger partial charge in [0.2, 0.25) is 0 Å². The monoisotopic (exact) mass is 243 g/mol. The zero-order valence-corrected chi connectivity index (χ0v) is 9.80. The van der Waals surface area contributed by atoms with Crippen molar-refractivity contribution in [2.45, 2.75) is 12.5 Å². The van der Waals surface area contributed by atoms with E-state index in [9.17, 15) is 4.79 Å². The Hall–Kier alpha value is -2.01. The SMILES string of the molecule is O=C(N[C@@H]1CCOC1)c1ccnc2ccncc12. The highest BCUT2D eigenvalue weighted by Gasteiger charge is 2.19. The Balaban J connectivity index is 1.91. The van der Waals surface area contributed by atoms with Crippen molar-refractivity contribution < 1.29 is 9.53 Å². The lowest BCUT2D eigenvalue weighted by Gasteiger charge is -2.11. The minimum absolute atomic E-state index is 0.0918. The van der Waals surface area contributed by atoms with Crippen molar-refractivity contribution in [3.63, 3.8) is 0 Å². The zero-order chi connectivity index (χ0) is 12.4. The summed E-state index contributed by atoms with van der Waals surface area (Å²) in [6.07, 6.45) is 5.85. The third-order valence-electron chi connectivity index (χ3n) is 3.05. The predicted octanol–water partition coefficient (Wildman–Crippen LogP) is 1.15. The number of pyridine rings is 2. The second-order valence-corrected chi connectivity index (χ2v) is 4.29. The molecule has 2 aromatic rings. The van der Waals surface area contributed by atoms with Crippen molar-refractivity contribution in [1.29, 1.82) is 0 Å². The fourth-order valence-electron chi connectivity index (χ4n) is 2.10. The Morgan fingerprint density at radius 3 is 3.17 bits per heavy atom. The Bertz CT molecular complexity index is 574. The molecule has 92 valence electrons. The fraction of sp³-hybridized carbons (Fsp3) is 0.308. The van der Waals surface area contributed by atoms with Gasteiger partial charge in [-0.15, -0.1) is 0 Å². The van der Waals surface area contributed by atoms with Gasteiger partial charge in [0.1, 0.15) is 0 Å². The third-order valence-corrected chi connectivity index (χ3v) is 3.05. The third kappa shape index (κ3) is 2.04. The van der Waals surface area contributed by atoms with Gasteiger partial charge in [-0.05, 0) is 18.6 Å². The first kappa shape index (κ1) is 11.1. The van der Waals surface area contributed by atoms with Crippen LogP contribution in [0, 0.1) is 0 Å². The minimum atomic E-state index is -0.0918. The number of amides is 1. The van der Waals surface area contributed by atoms with E-state index in [4.69, 9.17) is 4.74 Å². The molecule has 18 heavy (non-hydrogen) atoms. The summed E-state index contributed by atoms with van der Waals surface area (Å²) in [6.45, 7) is 1.30. The minimum Gasteiger partial charge on any atom is -0.379 e. The number of rotatable bonds is 2. The van der Waals surface area contributed by atoms with Crippen LogP contribution >= 0.6 is 0 Å². The van der Waals surface area contributed by atoms with Crippen molar-refractivity contribution in [3.8, 4) is 0 Å². The second kappa shape index (κ2) is 4.70.